The van der Waals surface area contributed by atoms with Gasteiger partial charge < -0.3 is 0 Å². The van der Waals surface area contributed by atoms with Gasteiger partial charge in [0.2, 0.25) is 0 Å². The molecule has 6 bridgehead atoms. The number of nitrogens with zero attached hydrogens (tertiary/aromatic N) is 4. The van der Waals surface area contributed by atoms with E-state index in [0.29, 0.717) is 67.2 Å². The van der Waals surface area contributed by atoms with Gasteiger partial charge in [-0.3, -0.25) is 0 Å². The molecule has 1 atom stereocenters. The summed E-state index contributed by atoms with van der Waals surface area (Å²) in [5.74, 6) is 0. The second-order valence-corrected chi connectivity index (χ2v) is 16.2. The maximum Gasteiger partial charge on any atom is 0.497 e. The first-order valence-electron chi connectivity index (χ1n) is 18.5. The molecule has 10 rings (SSSR count). The van der Waals surface area contributed by atoms with Crippen molar-refractivity contribution in [3.63, 3.8) is 0 Å². The molecule has 4 aromatic carbocycles. The van der Waals surface area contributed by atoms with Crippen molar-refractivity contribution in [1.29, 1.82) is 0 Å². The second kappa shape index (κ2) is 13.7. The predicted molar refractivity (Wildman–Crippen MR) is 221 cm³/mol. The van der Waals surface area contributed by atoms with Gasteiger partial charge in [-0.15, -0.1) is 8.68 Å². The minimum atomic E-state index is -4.70. The van der Waals surface area contributed by atoms with Gasteiger partial charge in [0.05, 0.1) is 52.0 Å². The van der Waals surface area contributed by atoms with Crippen molar-refractivity contribution in [2.45, 2.75) is 6.18 Å². The van der Waals surface area contributed by atoms with Gasteiger partial charge in [0.25, 0.3) is 0 Å². The largest absolute Gasteiger partial charge is 0.497 e. The summed E-state index contributed by atoms with van der Waals surface area (Å²) >= 11 is 0. The van der Waals surface area contributed by atoms with Gasteiger partial charge in [-0.2, -0.15) is 22.2 Å². The Labute approximate surface area is 327 Å². The highest BCUT2D eigenvalue weighted by atomic mass is 31.2. The van der Waals surface area contributed by atoms with Crippen molar-refractivity contribution in [2.24, 2.45) is 9.98 Å². The average Bonchev–Trinajstić information content (AvgIpc) is 4.07. The van der Waals surface area contributed by atoms with Crippen molar-refractivity contribution < 1.29 is 22.2 Å². The van der Waals surface area contributed by atoms with E-state index in [1.165, 1.54) is 7.11 Å². The van der Waals surface area contributed by atoms with Crippen molar-refractivity contribution in [1.82, 2.24) is 8.68 Å². The molecule has 6 aromatic rings. The number of halogens is 3. The number of rotatable bonds is 7. The Morgan fingerprint density at radius 3 is 1.25 bits per heavy atom. The lowest BCUT2D eigenvalue weighted by molar-refractivity contribution is -0.155. The van der Waals surface area contributed by atoms with Crippen LogP contribution in [0.25, 0.3) is 22.3 Å². The van der Waals surface area contributed by atoms with Crippen LogP contribution in [0.3, 0.4) is 0 Å². The zero-order valence-electron chi connectivity index (χ0n) is 30.6. The third kappa shape index (κ3) is 5.77. The minimum absolute atomic E-state index is 0.578. The van der Waals surface area contributed by atoms with Crippen molar-refractivity contribution in [3.8, 4) is 0 Å². The number of aromatic nitrogens is 2. The first-order chi connectivity index (χ1) is 27.8. The molecule has 1 unspecified atom stereocenters. The van der Waals surface area contributed by atoms with Crippen LogP contribution in [0.5, 0.6) is 0 Å². The molecule has 0 spiro atoms. The van der Waals surface area contributed by atoms with Crippen LogP contribution in [0.4, 0.5) is 13.2 Å². The molecule has 10 heteroatoms. The summed E-state index contributed by atoms with van der Waals surface area (Å²) in [6.07, 6.45) is 3.21. The van der Waals surface area contributed by atoms with Gasteiger partial charge in [-0.25, -0.2) is 9.98 Å². The summed E-state index contributed by atoms with van der Waals surface area (Å²) in [5, 5.41) is 1.16. The van der Waals surface area contributed by atoms with Crippen LogP contribution in [0.15, 0.2) is 191 Å². The SMILES string of the molecule is CO[P+]1(OCC(F)(F)F)n2c3ccc2C(c2ccccc2)=C2C=CC(=N2)C(c2ccccc2)=c2ccc(n21)=C(c1ccccc1)C1=NC(=C3c2ccccc2)C=C1. The van der Waals surface area contributed by atoms with Crippen LogP contribution >= 0.6 is 8.02 Å². The summed E-state index contributed by atoms with van der Waals surface area (Å²) in [7, 11) is -2.75. The number of aliphatic imine (C=N–C) groups is 2. The van der Waals surface area contributed by atoms with Gasteiger partial charge in [0.15, 0.2) is 6.61 Å². The fourth-order valence-corrected chi connectivity index (χ4v) is 11.1. The molecule has 2 aromatic heterocycles. The smallest absolute Gasteiger partial charge is 0.248 e. The number of alkyl halides is 3. The number of fused-ring (bicyclic) bond motifs is 2. The number of allylic oxidation sites excluding steroid dienone is 4. The molecule has 6 heterocycles. The molecular formula is C47H33F3N4O2P+. The number of hydrogen-bond donors (Lipinski definition) is 0. The van der Waals surface area contributed by atoms with E-state index in [9.17, 15) is 13.2 Å². The van der Waals surface area contributed by atoms with E-state index < -0.39 is 20.8 Å². The third-order valence-electron chi connectivity index (χ3n) is 10.4. The highest BCUT2D eigenvalue weighted by Gasteiger charge is 2.56. The Hall–Kier alpha value is -6.38. The lowest BCUT2D eigenvalue weighted by Crippen LogP contribution is -2.39. The standard InChI is InChI=1S/C47H33F3N4O2P/c1-55-57(56-30-47(48,49)50)53-39-26-27-40(53)45(33-18-10-4-11-19-33)37-24-25-38(52-37)46(34-20-12-5-13-21-34)42-29-28-41(54(42)57)44(32-16-8-3-9-17-32)36-23-22-35(51-36)43(39)31-14-6-2-7-15-31/h2-29H,30H2,1H3/q+1. The molecule has 0 N–H and O–H groups in total. The molecule has 6 nitrogen and oxygen atoms in total. The van der Waals surface area contributed by atoms with Gasteiger partial charge in [-0.1, -0.05) is 121 Å². The van der Waals surface area contributed by atoms with Crippen molar-refractivity contribution in [3.05, 3.63) is 226 Å². The lowest BCUT2D eigenvalue weighted by Gasteiger charge is -2.30. The monoisotopic (exact) mass is 773 g/mol. The zero-order chi connectivity index (χ0) is 38.7. The molecule has 0 saturated carbocycles. The van der Waals surface area contributed by atoms with E-state index in [1.54, 1.807) is 0 Å². The lowest BCUT2D eigenvalue weighted by atomic mass is 10.0. The Morgan fingerprint density at radius 1 is 0.491 bits per heavy atom. The summed E-state index contributed by atoms with van der Waals surface area (Å²) in [5.41, 5.74) is 9.91. The van der Waals surface area contributed by atoms with E-state index in [1.807, 2.05) is 179 Å². The summed E-state index contributed by atoms with van der Waals surface area (Å²) < 4.78 is 61.6. The van der Waals surface area contributed by atoms with E-state index in [4.69, 9.17) is 19.0 Å². The first-order valence-corrected chi connectivity index (χ1v) is 20.0. The molecular weight excluding hydrogens is 741 g/mol. The highest BCUT2D eigenvalue weighted by molar-refractivity contribution is 7.63. The summed E-state index contributed by atoms with van der Waals surface area (Å²) in [6.45, 7) is -1.57. The molecule has 0 fully saturated rings. The summed E-state index contributed by atoms with van der Waals surface area (Å²) in [4.78, 5) is 10.7. The van der Waals surface area contributed by atoms with Crippen LogP contribution in [0, 0.1) is 0 Å². The molecule has 278 valence electrons. The van der Waals surface area contributed by atoms with Crippen LogP contribution in [0.2, 0.25) is 0 Å². The topological polar surface area (TPSA) is 53.0 Å². The van der Waals surface area contributed by atoms with Gasteiger partial charge >= 0.3 is 14.2 Å². The highest BCUT2D eigenvalue weighted by Crippen LogP contribution is 2.65. The number of hydrogen-bond acceptors (Lipinski definition) is 4. The third-order valence-corrected chi connectivity index (χ3v) is 13.2. The van der Waals surface area contributed by atoms with E-state index in [2.05, 4.69) is 0 Å². The van der Waals surface area contributed by atoms with E-state index in [0.717, 1.165) is 22.3 Å². The molecule has 0 aliphatic carbocycles. The quantitative estimate of drug-likeness (QED) is 0.152. The fourth-order valence-electron chi connectivity index (χ4n) is 8.15. The van der Waals surface area contributed by atoms with Gasteiger partial charge in [0, 0.05) is 22.3 Å². The van der Waals surface area contributed by atoms with Crippen molar-refractivity contribution in [2.75, 3.05) is 13.7 Å². The van der Waals surface area contributed by atoms with Crippen LogP contribution in [-0.4, -0.2) is 40.0 Å². The normalized spacial score (nSPS) is 18.3. The van der Waals surface area contributed by atoms with E-state index in [-0.39, 0.29) is 0 Å². The maximum atomic E-state index is 14.9. The van der Waals surface area contributed by atoms with Crippen LogP contribution in [-0.2, 0) is 9.05 Å². The Bertz CT molecular complexity index is 2720. The molecule has 4 aliphatic rings. The Morgan fingerprint density at radius 2 is 0.877 bits per heavy atom. The number of benzene rings is 4. The average molecular weight is 774 g/mol. The Kier molecular flexibility index (Phi) is 8.41. The van der Waals surface area contributed by atoms with Gasteiger partial charge in [0.1, 0.15) is 0 Å². The summed E-state index contributed by atoms with van der Waals surface area (Å²) in [6, 6.07) is 46.9. The molecule has 4 aliphatic heterocycles. The van der Waals surface area contributed by atoms with Crippen LogP contribution < -0.4 is 10.7 Å². The fraction of sp³-hybridized carbons (Fsp3) is 0.0638. The second-order valence-electron chi connectivity index (χ2n) is 13.8. The molecule has 0 amide bonds. The predicted octanol–water partition coefficient (Wildman–Crippen LogP) is 9.55. The molecule has 0 radical (unpaired) electrons. The zero-order valence-corrected chi connectivity index (χ0v) is 31.5. The maximum absolute atomic E-state index is 14.9. The van der Waals surface area contributed by atoms with Crippen molar-refractivity contribution >= 4 is 41.7 Å². The Balaban J connectivity index is 1.51. The van der Waals surface area contributed by atoms with Gasteiger partial charge in [-0.05, 0) is 70.8 Å². The molecule has 0 saturated heterocycles. The molecule has 57 heavy (non-hydrogen) atoms. The first kappa shape index (κ1) is 35.1. The minimum Gasteiger partial charge on any atom is -0.248 e. The van der Waals surface area contributed by atoms with E-state index >= 15 is 0 Å². The van der Waals surface area contributed by atoms with Crippen LogP contribution in [0.1, 0.15) is 33.6 Å².